The van der Waals surface area contributed by atoms with Crippen LogP contribution >= 0.6 is 11.3 Å². The third-order valence-corrected chi connectivity index (χ3v) is 5.36. The van der Waals surface area contributed by atoms with Crippen molar-refractivity contribution in [2.24, 2.45) is 0 Å². The summed E-state index contributed by atoms with van der Waals surface area (Å²) in [6, 6.07) is 13.1. The fraction of sp³-hybridized carbons (Fsp3) is 0.222. The highest BCUT2D eigenvalue weighted by Crippen LogP contribution is 2.32. The van der Waals surface area contributed by atoms with Gasteiger partial charge in [-0.1, -0.05) is 36.4 Å². The van der Waals surface area contributed by atoms with Crippen LogP contribution in [-0.4, -0.2) is 34.2 Å². The summed E-state index contributed by atoms with van der Waals surface area (Å²) in [4.78, 5) is 27.8. The molecule has 1 aromatic carbocycles. The molecule has 122 valence electrons. The number of nitrogens with zero attached hydrogens (tertiary/aromatic N) is 2. The fourth-order valence-electron chi connectivity index (χ4n) is 3.11. The lowest BCUT2D eigenvalue weighted by Gasteiger charge is -2.31. The van der Waals surface area contributed by atoms with Crippen LogP contribution in [0.4, 0.5) is 0 Å². The molecule has 1 aromatic heterocycles. The van der Waals surface area contributed by atoms with E-state index >= 15 is 0 Å². The molecule has 0 saturated carbocycles. The quantitative estimate of drug-likeness (QED) is 0.870. The highest BCUT2D eigenvalue weighted by Gasteiger charge is 2.40. The second kappa shape index (κ2) is 6.22. The van der Waals surface area contributed by atoms with Gasteiger partial charge in [0.25, 0.3) is 5.91 Å². The first-order valence-electron chi connectivity index (χ1n) is 7.87. The predicted molar refractivity (Wildman–Crippen MR) is 92.1 cm³/mol. The van der Waals surface area contributed by atoms with Crippen molar-refractivity contribution in [3.63, 3.8) is 0 Å². The van der Waals surface area contributed by atoms with Crippen LogP contribution in [0.5, 0.6) is 0 Å². The van der Waals surface area contributed by atoms with Crippen molar-refractivity contribution in [1.29, 1.82) is 0 Å². The number of Topliss-reactive ketones (excluding diaryl/α,β-unsaturated/α-hetero) is 1. The Labute approximate surface area is 144 Å². The Hall–Kier alpha value is -2.44. The lowest BCUT2D eigenvalue weighted by Crippen LogP contribution is -2.49. The third kappa shape index (κ3) is 2.74. The number of ketones is 1. The molecule has 6 heteroatoms. The zero-order chi connectivity index (χ0) is 16.5. The number of amides is 1. The number of benzene rings is 1. The maximum atomic E-state index is 12.7. The van der Waals surface area contributed by atoms with Crippen molar-refractivity contribution in [3.8, 4) is 0 Å². The van der Waals surface area contributed by atoms with E-state index in [-0.39, 0.29) is 30.3 Å². The fourth-order valence-corrected chi connectivity index (χ4v) is 3.90. The molecule has 0 aliphatic carbocycles. The molecule has 1 amide bonds. The summed E-state index contributed by atoms with van der Waals surface area (Å²) in [5, 5.41) is 3.90. The third-order valence-electron chi connectivity index (χ3n) is 4.37. The van der Waals surface area contributed by atoms with E-state index in [0.717, 1.165) is 0 Å². The minimum Gasteiger partial charge on any atom is -0.308 e. The Morgan fingerprint density at radius 3 is 2.75 bits per heavy atom. The van der Waals surface area contributed by atoms with Gasteiger partial charge in [0.1, 0.15) is 6.04 Å². The SMILES string of the molecule is O=C(CN1C=CN2NC(c3cccs3)CC2C1=O)c1ccccc1. The van der Waals surface area contributed by atoms with E-state index in [1.54, 1.807) is 29.7 Å². The summed E-state index contributed by atoms with van der Waals surface area (Å²) < 4.78 is 0. The van der Waals surface area contributed by atoms with Gasteiger partial charge in [0.2, 0.25) is 0 Å². The van der Waals surface area contributed by atoms with Crippen LogP contribution in [0.3, 0.4) is 0 Å². The summed E-state index contributed by atoms with van der Waals surface area (Å²) in [5.74, 6) is -0.0869. The number of hydrogen-bond acceptors (Lipinski definition) is 5. The molecule has 4 rings (SSSR count). The molecule has 2 atom stereocenters. The van der Waals surface area contributed by atoms with Crippen LogP contribution in [0.2, 0.25) is 0 Å². The van der Waals surface area contributed by atoms with Gasteiger partial charge in [-0.15, -0.1) is 11.3 Å². The van der Waals surface area contributed by atoms with E-state index < -0.39 is 0 Å². The average molecular weight is 339 g/mol. The van der Waals surface area contributed by atoms with Gasteiger partial charge in [-0.3, -0.25) is 9.59 Å². The van der Waals surface area contributed by atoms with Crippen molar-refractivity contribution in [1.82, 2.24) is 15.3 Å². The van der Waals surface area contributed by atoms with E-state index in [2.05, 4.69) is 11.5 Å². The molecule has 2 aliphatic rings. The molecule has 1 N–H and O–H groups in total. The zero-order valence-electron chi connectivity index (χ0n) is 13.0. The Kier molecular flexibility index (Phi) is 3.92. The molecule has 5 nitrogen and oxygen atoms in total. The van der Waals surface area contributed by atoms with Gasteiger partial charge in [-0.25, -0.2) is 5.43 Å². The van der Waals surface area contributed by atoms with Crippen molar-refractivity contribution >= 4 is 23.0 Å². The van der Waals surface area contributed by atoms with E-state index in [1.807, 2.05) is 40.9 Å². The maximum Gasteiger partial charge on any atom is 0.251 e. The Bertz CT molecular complexity index is 773. The summed E-state index contributed by atoms with van der Waals surface area (Å²) in [5.41, 5.74) is 3.98. The monoisotopic (exact) mass is 339 g/mol. The minimum absolute atomic E-state index is 0.0339. The molecular weight excluding hydrogens is 322 g/mol. The number of rotatable bonds is 4. The molecule has 0 spiro atoms. The smallest absolute Gasteiger partial charge is 0.251 e. The van der Waals surface area contributed by atoms with Gasteiger partial charge in [0.05, 0.1) is 12.6 Å². The Balaban J connectivity index is 1.46. The topological polar surface area (TPSA) is 52.7 Å². The number of hydrazine groups is 1. The normalized spacial score (nSPS) is 22.8. The van der Waals surface area contributed by atoms with Gasteiger partial charge in [0, 0.05) is 29.3 Å². The van der Waals surface area contributed by atoms with Crippen LogP contribution in [0.1, 0.15) is 27.7 Å². The number of thiophene rings is 1. The van der Waals surface area contributed by atoms with Gasteiger partial charge >= 0.3 is 0 Å². The Morgan fingerprint density at radius 1 is 1.17 bits per heavy atom. The van der Waals surface area contributed by atoms with Crippen LogP contribution in [0.15, 0.2) is 60.2 Å². The van der Waals surface area contributed by atoms with E-state index in [1.165, 1.54) is 9.78 Å². The van der Waals surface area contributed by atoms with Crippen molar-refractivity contribution in [2.45, 2.75) is 18.5 Å². The minimum atomic E-state index is -0.259. The molecule has 2 unspecified atom stereocenters. The molecule has 1 saturated heterocycles. The molecule has 2 aliphatic heterocycles. The standard InChI is InChI=1S/C18H17N3O2S/c22-16(13-5-2-1-3-6-13)12-20-8-9-21-15(18(20)23)11-14(19-21)17-7-4-10-24-17/h1-10,14-15,19H,11-12H2. The van der Waals surface area contributed by atoms with Crippen molar-refractivity contribution in [2.75, 3.05) is 6.54 Å². The highest BCUT2D eigenvalue weighted by molar-refractivity contribution is 7.10. The lowest BCUT2D eigenvalue weighted by molar-refractivity contribution is -0.134. The molecule has 0 bridgehead atoms. The second-order valence-corrected chi connectivity index (χ2v) is 6.89. The molecule has 0 radical (unpaired) electrons. The number of nitrogens with one attached hydrogen (secondary N) is 1. The van der Waals surface area contributed by atoms with E-state index in [9.17, 15) is 9.59 Å². The molecule has 3 heterocycles. The van der Waals surface area contributed by atoms with Gasteiger partial charge < -0.3 is 9.91 Å². The first-order chi connectivity index (χ1) is 11.7. The Morgan fingerprint density at radius 2 is 2.00 bits per heavy atom. The summed E-state index contributed by atoms with van der Waals surface area (Å²) in [7, 11) is 0. The first-order valence-corrected chi connectivity index (χ1v) is 8.75. The molecule has 1 fully saturated rings. The van der Waals surface area contributed by atoms with Gasteiger partial charge in [-0.2, -0.15) is 0 Å². The number of carbonyl (C=O) groups is 2. The van der Waals surface area contributed by atoms with Gasteiger partial charge in [0.15, 0.2) is 5.78 Å². The van der Waals surface area contributed by atoms with E-state index in [0.29, 0.717) is 12.0 Å². The van der Waals surface area contributed by atoms with Crippen molar-refractivity contribution < 1.29 is 9.59 Å². The number of fused-ring (bicyclic) bond motifs is 1. The van der Waals surface area contributed by atoms with Gasteiger partial charge in [-0.05, 0) is 11.4 Å². The largest absolute Gasteiger partial charge is 0.308 e. The molecular formula is C18H17N3O2S. The van der Waals surface area contributed by atoms with Crippen LogP contribution < -0.4 is 5.43 Å². The molecule has 24 heavy (non-hydrogen) atoms. The van der Waals surface area contributed by atoms with Crippen LogP contribution in [0, 0.1) is 0 Å². The highest BCUT2D eigenvalue weighted by atomic mass is 32.1. The average Bonchev–Trinajstić information content (AvgIpc) is 3.27. The summed E-state index contributed by atoms with van der Waals surface area (Å²) in [6.45, 7) is 0.0767. The summed E-state index contributed by atoms with van der Waals surface area (Å²) >= 11 is 1.68. The summed E-state index contributed by atoms with van der Waals surface area (Å²) in [6.07, 6.45) is 4.24. The zero-order valence-corrected chi connectivity index (χ0v) is 13.8. The van der Waals surface area contributed by atoms with Crippen molar-refractivity contribution in [3.05, 3.63) is 70.7 Å². The number of hydrogen-bond donors (Lipinski definition) is 1. The van der Waals surface area contributed by atoms with Crippen LogP contribution in [-0.2, 0) is 4.79 Å². The lowest BCUT2D eigenvalue weighted by atomic mass is 10.1. The molecule has 2 aromatic rings. The second-order valence-electron chi connectivity index (χ2n) is 5.91. The van der Waals surface area contributed by atoms with E-state index in [4.69, 9.17) is 0 Å². The maximum absolute atomic E-state index is 12.7. The first kappa shape index (κ1) is 15.1. The number of carbonyl (C=O) groups excluding carboxylic acids is 2. The van der Waals surface area contributed by atoms with Crippen LogP contribution in [0.25, 0.3) is 0 Å². The predicted octanol–water partition coefficient (Wildman–Crippen LogP) is 2.56.